The molecule has 0 bridgehead atoms. The van der Waals surface area contributed by atoms with Crippen LogP contribution in [0.5, 0.6) is 0 Å². The van der Waals surface area contributed by atoms with Gasteiger partial charge in [-0.15, -0.1) is 0 Å². The zero-order valence-electron chi connectivity index (χ0n) is 12.2. The first-order valence-electron chi connectivity index (χ1n) is 7.14. The van der Waals surface area contributed by atoms with Crippen LogP contribution in [0, 0.1) is 0 Å². The van der Waals surface area contributed by atoms with Gasteiger partial charge in [0.05, 0.1) is 13.1 Å². The summed E-state index contributed by atoms with van der Waals surface area (Å²) in [6.45, 7) is 5.56. The first-order valence-corrected chi connectivity index (χ1v) is 7.14. The number of carbonyl (C=O) groups excluding carboxylic acids is 3. The van der Waals surface area contributed by atoms with Crippen LogP contribution in [0.3, 0.4) is 0 Å². The van der Waals surface area contributed by atoms with Gasteiger partial charge in [-0.05, 0) is 12.8 Å². The van der Waals surface area contributed by atoms with E-state index >= 15 is 0 Å². The molecule has 1 unspecified atom stereocenters. The molecule has 0 spiro atoms. The Balaban J connectivity index is 2.53. The zero-order chi connectivity index (χ0) is 15.0. The van der Waals surface area contributed by atoms with Gasteiger partial charge in [0.15, 0.2) is 0 Å². The average molecular weight is 284 g/mol. The van der Waals surface area contributed by atoms with Crippen molar-refractivity contribution in [2.24, 2.45) is 0 Å². The molecule has 1 saturated heterocycles. The maximum absolute atomic E-state index is 12.3. The molecule has 0 aliphatic carbocycles. The standard InChI is InChI=1S/C13H24N4O3/c1-3-5-14-12(19)9-17(6-4-2)13(20)10-7-16-11(18)8-15-10/h10,15H,3-9H2,1-2H3,(H,14,19)(H,16,18). The quantitative estimate of drug-likeness (QED) is 0.550. The molecule has 1 rings (SSSR count). The van der Waals surface area contributed by atoms with Gasteiger partial charge >= 0.3 is 0 Å². The lowest BCUT2D eigenvalue weighted by Crippen LogP contribution is -2.59. The minimum absolute atomic E-state index is 0.0683. The van der Waals surface area contributed by atoms with E-state index in [1.807, 2.05) is 13.8 Å². The molecule has 1 aliphatic heterocycles. The van der Waals surface area contributed by atoms with Gasteiger partial charge < -0.3 is 15.5 Å². The molecule has 1 aliphatic rings. The predicted molar refractivity (Wildman–Crippen MR) is 75.0 cm³/mol. The number of nitrogens with one attached hydrogen (secondary N) is 3. The average Bonchev–Trinajstić information content (AvgIpc) is 2.44. The van der Waals surface area contributed by atoms with Gasteiger partial charge in [0, 0.05) is 19.6 Å². The molecule has 7 heteroatoms. The summed E-state index contributed by atoms with van der Waals surface area (Å²) in [5.74, 6) is -0.399. The van der Waals surface area contributed by atoms with Crippen LogP contribution in [0.25, 0.3) is 0 Å². The van der Waals surface area contributed by atoms with Crippen LogP contribution < -0.4 is 16.0 Å². The summed E-state index contributed by atoms with van der Waals surface area (Å²) in [6, 6.07) is -0.446. The Morgan fingerprint density at radius 1 is 1.35 bits per heavy atom. The van der Waals surface area contributed by atoms with Crippen LogP contribution >= 0.6 is 0 Å². The molecule has 1 heterocycles. The second kappa shape index (κ2) is 8.52. The van der Waals surface area contributed by atoms with Crippen molar-refractivity contribution in [1.29, 1.82) is 0 Å². The molecule has 20 heavy (non-hydrogen) atoms. The molecule has 0 aromatic heterocycles. The molecule has 3 N–H and O–H groups in total. The summed E-state index contributed by atoms with van der Waals surface area (Å²) in [4.78, 5) is 36.7. The van der Waals surface area contributed by atoms with Crippen molar-refractivity contribution in [3.8, 4) is 0 Å². The third-order valence-corrected chi connectivity index (χ3v) is 3.02. The minimum atomic E-state index is -0.446. The number of amides is 3. The van der Waals surface area contributed by atoms with Crippen molar-refractivity contribution < 1.29 is 14.4 Å². The van der Waals surface area contributed by atoms with Crippen LogP contribution in [-0.4, -0.2) is 61.4 Å². The maximum Gasteiger partial charge on any atom is 0.242 e. The molecule has 3 amide bonds. The predicted octanol–water partition coefficient (Wildman–Crippen LogP) is -1.16. The molecular weight excluding hydrogens is 260 g/mol. The Morgan fingerprint density at radius 2 is 2.10 bits per heavy atom. The lowest BCUT2D eigenvalue weighted by atomic mass is 10.2. The molecule has 0 radical (unpaired) electrons. The van der Waals surface area contributed by atoms with Gasteiger partial charge in [0.25, 0.3) is 0 Å². The van der Waals surface area contributed by atoms with Crippen molar-refractivity contribution in [2.45, 2.75) is 32.7 Å². The van der Waals surface area contributed by atoms with Crippen LogP contribution in [0.2, 0.25) is 0 Å². The van der Waals surface area contributed by atoms with E-state index < -0.39 is 6.04 Å². The molecule has 0 aromatic rings. The first-order chi connectivity index (χ1) is 9.58. The van der Waals surface area contributed by atoms with E-state index in [0.717, 1.165) is 12.8 Å². The monoisotopic (exact) mass is 284 g/mol. The molecule has 7 nitrogen and oxygen atoms in total. The summed E-state index contributed by atoms with van der Waals surface area (Å²) >= 11 is 0. The van der Waals surface area contributed by atoms with Gasteiger partial charge in [-0.3, -0.25) is 19.7 Å². The highest BCUT2D eigenvalue weighted by molar-refractivity contribution is 5.89. The number of piperazine rings is 1. The second-order valence-electron chi connectivity index (χ2n) is 4.85. The fourth-order valence-corrected chi connectivity index (χ4v) is 1.99. The van der Waals surface area contributed by atoms with Crippen molar-refractivity contribution in [3.05, 3.63) is 0 Å². The normalized spacial score (nSPS) is 18.3. The number of rotatable bonds is 7. The lowest BCUT2D eigenvalue weighted by Gasteiger charge is -2.29. The highest BCUT2D eigenvalue weighted by Crippen LogP contribution is 2.00. The fraction of sp³-hybridized carbons (Fsp3) is 0.769. The van der Waals surface area contributed by atoms with E-state index in [1.54, 1.807) is 4.90 Å². The SMILES string of the molecule is CCCNC(=O)CN(CCC)C(=O)C1CNC(=O)CN1. The van der Waals surface area contributed by atoms with Crippen LogP contribution in [0.4, 0.5) is 0 Å². The minimum Gasteiger partial charge on any atom is -0.355 e. The van der Waals surface area contributed by atoms with E-state index in [4.69, 9.17) is 0 Å². The largest absolute Gasteiger partial charge is 0.355 e. The number of hydrogen-bond acceptors (Lipinski definition) is 4. The Labute approximate surface area is 119 Å². The summed E-state index contributed by atoms with van der Waals surface area (Å²) in [5.41, 5.74) is 0. The number of carbonyl (C=O) groups is 3. The molecular formula is C13H24N4O3. The molecule has 0 saturated carbocycles. The van der Waals surface area contributed by atoms with E-state index in [2.05, 4.69) is 16.0 Å². The van der Waals surface area contributed by atoms with Crippen LogP contribution in [0.15, 0.2) is 0 Å². The summed E-state index contributed by atoms with van der Waals surface area (Å²) in [7, 11) is 0. The van der Waals surface area contributed by atoms with Crippen molar-refractivity contribution in [2.75, 3.05) is 32.7 Å². The first kappa shape index (κ1) is 16.4. The number of nitrogens with zero attached hydrogens (tertiary/aromatic N) is 1. The van der Waals surface area contributed by atoms with E-state index in [-0.39, 0.29) is 37.4 Å². The molecule has 114 valence electrons. The highest BCUT2D eigenvalue weighted by atomic mass is 16.2. The summed E-state index contributed by atoms with van der Waals surface area (Å²) < 4.78 is 0. The highest BCUT2D eigenvalue weighted by Gasteiger charge is 2.28. The third-order valence-electron chi connectivity index (χ3n) is 3.02. The fourth-order valence-electron chi connectivity index (χ4n) is 1.99. The van der Waals surface area contributed by atoms with E-state index in [1.165, 1.54) is 0 Å². The molecule has 1 atom stereocenters. The second-order valence-corrected chi connectivity index (χ2v) is 4.85. The molecule has 0 aromatic carbocycles. The zero-order valence-corrected chi connectivity index (χ0v) is 12.2. The Kier molecular flexibility index (Phi) is 7.00. The van der Waals surface area contributed by atoms with Gasteiger partial charge in [-0.1, -0.05) is 13.8 Å². The van der Waals surface area contributed by atoms with Crippen molar-refractivity contribution >= 4 is 17.7 Å². The van der Waals surface area contributed by atoms with E-state index in [0.29, 0.717) is 13.1 Å². The Morgan fingerprint density at radius 3 is 2.65 bits per heavy atom. The van der Waals surface area contributed by atoms with Gasteiger partial charge in [0.1, 0.15) is 6.04 Å². The van der Waals surface area contributed by atoms with Crippen LogP contribution in [-0.2, 0) is 14.4 Å². The summed E-state index contributed by atoms with van der Waals surface area (Å²) in [6.07, 6.45) is 1.65. The van der Waals surface area contributed by atoms with E-state index in [9.17, 15) is 14.4 Å². The van der Waals surface area contributed by atoms with Crippen molar-refractivity contribution in [1.82, 2.24) is 20.9 Å². The summed E-state index contributed by atoms with van der Waals surface area (Å²) in [5, 5.41) is 8.30. The molecule has 1 fully saturated rings. The Bertz CT molecular complexity index is 350. The third kappa shape index (κ3) is 5.16. The maximum atomic E-state index is 12.3. The van der Waals surface area contributed by atoms with Gasteiger partial charge in [-0.25, -0.2) is 0 Å². The topological polar surface area (TPSA) is 90.5 Å². The van der Waals surface area contributed by atoms with Crippen molar-refractivity contribution in [3.63, 3.8) is 0 Å². The lowest BCUT2D eigenvalue weighted by molar-refractivity contribution is -0.138. The van der Waals surface area contributed by atoms with Gasteiger partial charge in [0.2, 0.25) is 17.7 Å². The van der Waals surface area contributed by atoms with Crippen LogP contribution in [0.1, 0.15) is 26.7 Å². The smallest absolute Gasteiger partial charge is 0.242 e. The Hall–Kier alpha value is -1.63. The van der Waals surface area contributed by atoms with Gasteiger partial charge in [-0.2, -0.15) is 0 Å². The number of hydrogen-bond donors (Lipinski definition) is 3.